The quantitative estimate of drug-likeness (QED) is 0.0234. The van der Waals surface area contributed by atoms with Crippen LogP contribution in [0.3, 0.4) is 0 Å². The third-order valence-corrected chi connectivity index (χ3v) is 10.9. The van der Waals surface area contributed by atoms with Gasteiger partial charge in [0, 0.05) is 6.42 Å². The smallest absolute Gasteiger partial charge is 0.462 e. The first-order valence-electron chi connectivity index (χ1n) is 23.7. The highest BCUT2D eigenvalue weighted by Crippen LogP contribution is 2.43. The van der Waals surface area contributed by atoms with Crippen molar-refractivity contribution in [3.63, 3.8) is 0 Å². The number of hydrogen-bond donors (Lipinski definition) is 3. The number of unbranched alkanes of at least 4 members (excludes halogenated alkanes) is 21. The first-order valence-corrected chi connectivity index (χ1v) is 25.2. The zero-order chi connectivity index (χ0) is 44.0. The van der Waals surface area contributed by atoms with Gasteiger partial charge in [0.15, 0.2) is 6.10 Å². The number of allylic oxidation sites excluding steroid dienone is 9. The van der Waals surface area contributed by atoms with Gasteiger partial charge in [-0.3, -0.25) is 18.6 Å². The van der Waals surface area contributed by atoms with Crippen molar-refractivity contribution in [2.45, 2.75) is 212 Å². The molecule has 0 spiro atoms. The fourth-order valence-corrected chi connectivity index (χ4v) is 7.15. The third-order valence-electron chi connectivity index (χ3n) is 9.97. The maximum atomic E-state index is 12.6. The lowest BCUT2D eigenvalue weighted by molar-refractivity contribution is -0.160. The summed E-state index contributed by atoms with van der Waals surface area (Å²) in [4.78, 5) is 35.0. The lowest BCUT2D eigenvalue weighted by Gasteiger charge is -2.20. The van der Waals surface area contributed by atoms with Gasteiger partial charge in [0.25, 0.3) is 0 Å². The summed E-state index contributed by atoms with van der Waals surface area (Å²) in [6.45, 7) is 2.17. The van der Waals surface area contributed by atoms with Crippen molar-refractivity contribution in [1.82, 2.24) is 0 Å². The molecule has 3 N–H and O–H groups in total. The number of rotatable bonds is 44. The molecule has 0 bridgehead atoms. The molecule has 11 heteroatoms. The Morgan fingerprint density at radius 2 is 0.900 bits per heavy atom. The molecule has 0 rings (SSSR count). The SMILES string of the molecule is CC/C=C\C/C=C\C/C=C\C/C=C\C/C=C\CC(=O)OC(COC(=O)CCCCCCCCCCCCCCCCCCCCCCCC)COP(=O)(O)OCC(O)CO. The van der Waals surface area contributed by atoms with E-state index in [0.29, 0.717) is 12.8 Å². The molecule has 0 saturated heterocycles. The molecule has 3 atom stereocenters. The molecule has 60 heavy (non-hydrogen) atoms. The van der Waals surface area contributed by atoms with Gasteiger partial charge < -0.3 is 24.6 Å². The minimum absolute atomic E-state index is 0.0482. The molecule has 0 radical (unpaired) electrons. The fourth-order valence-electron chi connectivity index (χ4n) is 6.36. The van der Waals surface area contributed by atoms with Crippen molar-refractivity contribution in [3.05, 3.63) is 60.8 Å². The number of carbonyl (C=O) groups excluding carboxylic acids is 2. The van der Waals surface area contributed by atoms with E-state index in [2.05, 4.69) is 54.8 Å². The second-order valence-corrected chi connectivity index (χ2v) is 17.2. The van der Waals surface area contributed by atoms with Crippen molar-refractivity contribution < 1.29 is 47.8 Å². The van der Waals surface area contributed by atoms with Gasteiger partial charge in [0.1, 0.15) is 12.7 Å². The van der Waals surface area contributed by atoms with Gasteiger partial charge in [-0.05, 0) is 38.5 Å². The molecule has 3 unspecified atom stereocenters. The molecule has 0 aromatic heterocycles. The van der Waals surface area contributed by atoms with E-state index in [1.165, 1.54) is 116 Å². The van der Waals surface area contributed by atoms with Gasteiger partial charge >= 0.3 is 19.8 Å². The van der Waals surface area contributed by atoms with Crippen molar-refractivity contribution in [2.24, 2.45) is 0 Å². The first-order chi connectivity index (χ1) is 29.2. The van der Waals surface area contributed by atoms with Crippen molar-refractivity contribution in [3.8, 4) is 0 Å². The molecule has 0 aromatic carbocycles. The summed E-state index contributed by atoms with van der Waals surface area (Å²) < 4.78 is 32.6. The average Bonchev–Trinajstić information content (AvgIpc) is 3.24. The Hall–Kier alpha value is -2.33. The highest BCUT2D eigenvalue weighted by atomic mass is 31.2. The minimum atomic E-state index is -4.65. The number of phosphoric acid groups is 1. The van der Waals surface area contributed by atoms with Gasteiger partial charge in [-0.25, -0.2) is 4.57 Å². The van der Waals surface area contributed by atoms with Crippen molar-refractivity contribution in [1.29, 1.82) is 0 Å². The summed E-state index contributed by atoms with van der Waals surface area (Å²) in [5.74, 6) is -1.07. The van der Waals surface area contributed by atoms with Crippen LogP contribution in [0.4, 0.5) is 0 Å². The minimum Gasteiger partial charge on any atom is -0.462 e. The monoisotopic (exact) mass is 867 g/mol. The molecule has 0 aromatic rings. The molecule has 0 amide bonds. The number of carbonyl (C=O) groups is 2. The molecular formula is C49H87O10P. The summed E-state index contributed by atoms with van der Waals surface area (Å²) in [6, 6.07) is 0. The highest BCUT2D eigenvalue weighted by molar-refractivity contribution is 7.47. The van der Waals surface area contributed by atoms with Gasteiger partial charge in [-0.15, -0.1) is 0 Å². The van der Waals surface area contributed by atoms with Crippen LogP contribution < -0.4 is 0 Å². The van der Waals surface area contributed by atoms with Crippen LogP contribution in [-0.4, -0.2) is 65.7 Å². The van der Waals surface area contributed by atoms with Crippen LogP contribution in [0.5, 0.6) is 0 Å². The van der Waals surface area contributed by atoms with Crippen LogP contribution in [-0.2, 0) is 32.7 Å². The van der Waals surface area contributed by atoms with Gasteiger partial charge in [-0.1, -0.05) is 209 Å². The van der Waals surface area contributed by atoms with E-state index >= 15 is 0 Å². The van der Waals surface area contributed by atoms with Crippen LogP contribution in [0.2, 0.25) is 0 Å². The van der Waals surface area contributed by atoms with Crippen LogP contribution in [0.25, 0.3) is 0 Å². The normalized spacial score (nSPS) is 14.3. The fraction of sp³-hybridized carbons (Fsp3) is 0.755. The summed E-state index contributed by atoms with van der Waals surface area (Å²) in [5, 5.41) is 18.3. The largest absolute Gasteiger partial charge is 0.472 e. The number of ether oxygens (including phenoxy) is 2. The Balaban J connectivity index is 4.26. The van der Waals surface area contributed by atoms with E-state index in [4.69, 9.17) is 19.1 Å². The molecule has 0 saturated carbocycles. The standard InChI is InChI=1S/C49H87O10P/c1-3-5-7-9-11-13-15-17-19-20-21-22-23-24-25-27-28-30-32-34-36-38-40-48(52)56-44-47(45-58-60(54,55)57-43-46(51)42-50)59-49(53)41-39-37-35-33-31-29-26-18-16-14-12-10-8-6-4-2/h6,8,12,14,18,26,31,33,37,39,46-47,50-51H,3-5,7,9-11,13,15-17,19-25,27-30,32,34-36,38,40-45H2,1-2H3,(H,54,55)/b8-6-,14-12-,26-18-,33-31-,39-37-. The highest BCUT2D eigenvalue weighted by Gasteiger charge is 2.27. The first kappa shape index (κ1) is 57.7. The second kappa shape index (κ2) is 44.7. The third kappa shape index (κ3) is 43.7. The van der Waals surface area contributed by atoms with Gasteiger partial charge in [-0.2, -0.15) is 0 Å². The number of phosphoric ester groups is 1. The maximum Gasteiger partial charge on any atom is 0.472 e. The van der Waals surface area contributed by atoms with E-state index in [0.717, 1.165) is 44.9 Å². The summed E-state index contributed by atoms with van der Waals surface area (Å²) >= 11 is 0. The summed E-state index contributed by atoms with van der Waals surface area (Å²) in [6.07, 6.45) is 50.9. The van der Waals surface area contributed by atoms with Crippen LogP contribution in [0, 0.1) is 0 Å². The zero-order valence-electron chi connectivity index (χ0n) is 37.9. The Kier molecular flexibility index (Phi) is 43.0. The van der Waals surface area contributed by atoms with Crippen LogP contribution >= 0.6 is 7.82 Å². The lowest BCUT2D eigenvalue weighted by Crippen LogP contribution is -2.29. The van der Waals surface area contributed by atoms with Crippen LogP contribution in [0.1, 0.15) is 200 Å². The number of aliphatic hydroxyl groups excluding tert-OH is 2. The van der Waals surface area contributed by atoms with E-state index in [-0.39, 0.29) is 19.4 Å². The number of aliphatic hydroxyl groups is 2. The van der Waals surface area contributed by atoms with Gasteiger partial charge in [0.2, 0.25) is 0 Å². The van der Waals surface area contributed by atoms with Crippen LogP contribution in [0.15, 0.2) is 60.8 Å². The second-order valence-electron chi connectivity index (χ2n) is 15.8. The maximum absolute atomic E-state index is 12.6. The molecule has 348 valence electrons. The van der Waals surface area contributed by atoms with E-state index in [1.807, 2.05) is 18.2 Å². The molecule has 10 nitrogen and oxygen atoms in total. The predicted octanol–water partition coefficient (Wildman–Crippen LogP) is 13.1. The van der Waals surface area contributed by atoms with E-state index < -0.39 is 51.8 Å². The van der Waals surface area contributed by atoms with Gasteiger partial charge in [0.05, 0.1) is 26.2 Å². The van der Waals surface area contributed by atoms with Crippen molar-refractivity contribution >= 4 is 19.8 Å². The topological polar surface area (TPSA) is 149 Å². The molecule has 0 aliphatic carbocycles. The molecule has 0 heterocycles. The van der Waals surface area contributed by atoms with Crippen molar-refractivity contribution in [2.75, 3.05) is 26.4 Å². The molecular weight excluding hydrogens is 780 g/mol. The Morgan fingerprint density at radius 1 is 0.517 bits per heavy atom. The number of esters is 2. The summed E-state index contributed by atoms with van der Waals surface area (Å²) in [7, 11) is -4.65. The summed E-state index contributed by atoms with van der Waals surface area (Å²) in [5.41, 5.74) is 0. The molecule has 0 fully saturated rings. The molecule has 0 aliphatic heterocycles. The number of hydrogen-bond acceptors (Lipinski definition) is 9. The Bertz CT molecular complexity index is 1180. The average molecular weight is 867 g/mol. The predicted molar refractivity (Wildman–Crippen MR) is 247 cm³/mol. The van der Waals surface area contributed by atoms with E-state index in [1.54, 1.807) is 6.08 Å². The van der Waals surface area contributed by atoms with E-state index in [9.17, 15) is 24.2 Å². The Morgan fingerprint density at radius 3 is 1.32 bits per heavy atom. The zero-order valence-corrected chi connectivity index (χ0v) is 38.8. The lowest BCUT2D eigenvalue weighted by atomic mass is 10.0. The molecule has 0 aliphatic rings. The Labute approximate surface area is 366 Å².